The molecule has 1 unspecified atom stereocenters. The summed E-state index contributed by atoms with van der Waals surface area (Å²) in [6.07, 6.45) is 2.66. The van der Waals surface area contributed by atoms with E-state index in [4.69, 9.17) is 4.74 Å². The van der Waals surface area contributed by atoms with Crippen LogP contribution in [0, 0.1) is 29.9 Å². The summed E-state index contributed by atoms with van der Waals surface area (Å²) in [5.41, 5.74) is 4.63. The van der Waals surface area contributed by atoms with Gasteiger partial charge in [0, 0.05) is 18.2 Å². The number of benzene rings is 3. The summed E-state index contributed by atoms with van der Waals surface area (Å²) < 4.78 is 36.2. The van der Waals surface area contributed by atoms with E-state index < -0.39 is 17.7 Å². The Labute approximate surface area is 185 Å². The van der Waals surface area contributed by atoms with Crippen molar-refractivity contribution in [2.24, 2.45) is 7.05 Å². The third kappa shape index (κ3) is 4.16. The molecule has 4 rings (SSSR count). The Bertz CT molecular complexity index is 1290. The van der Waals surface area contributed by atoms with Gasteiger partial charge in [-0.3, -0.25) is 0 Å². The first-order chi connectivity index (χ1) is 15.5. The second kappa shape index (κ2) is 9.13. The molecular weight excluding hydrogens is 408 g/mol. The van der Waals surface area contributed by atoms with E-state index in [0.29, 0.717) is 5.56 Å². The molecule has 1 atom stereocenters. The second-order valence-electron chi connectivity index (χ2n) is 7.55. The Morgan fingerprint density at radius 1 is 1.03 bits per heavy atom. The van der Waals surface area contributed by atoms with Crippen molar-refractivity contribution in [3.63, 3.8) is 0 Å². The quantitative estimate of drug-likeness (QED) is 0.386. The first-order valence-electron chi connectivity index (χ1n) is 10.1. The maximum Gasteiger partial charge on any atom is 0.131 e. The fraction of sp³-hybridized carbons (Fsp3) is 0.154. The summed E-state index contributed by atoms with van der Waals surface area (Å²) in [5, 5.41) is 9.66. The summed E-state index contributed by atoms with van der Waals surface area (Å²) in [7, 11) is 1.83. The number of halogens is 2. The Balaban J connectivity index is 1.79. The van der Waals surface area contributed by atoms with Gasteiger partial charge in [-0.1, -0.05) is 36.4 Å². The SMILES string of the molecule is Cc1ccccc1-c1cc(C(OCc2c(F)cccc2F)c2cncn2C)ccc1C#N. The minimum absolute atomic E-state index is 0.132. The fourth-order valence-corrected chi connectivity index (χ4v) is 3.73. The standard InChI is InChI=1S/C26H21F2N3O/c1-17-6-3-4-7-20(17)21-12-18(10-11-19(21)13-29)26(25-14-30-16-31(25)2)32-15-22-23(27)8-5-9-24(22)28/h3-12,14,16,26H,15H2,1-2H3. The molecular formula is C26H21F2N3O. The Morgan fingerprint density at radius 3 is 2.44 bits per heavy atom. The molecule has 1 heterocycles. The number of imidazole rings is 1. The highest BCUT2D eigenvalue weighted by atomic mass is 19.1. The largest absolute Gasteiger partial charge is 0.362 e. The summed E-state index contributed by atoms with van der Waals surface area (Å²) in [6.45, 7) is 1.73. The zero-order valence-corrected chi connectivity index (χ0v) is 17.7. The van der Waals surface area contributed by atoms with Gasteiger partial charge in [0.25, 0.3) is 0 Å². The molecule has 0 saturated carbocycles. The highest BCUT2D eigenvalue weighted by molar-refractivity contribution is 5.74. The van der Waals surface area contributed by atoms with Gasteiger partial charge >= 0.3 is 0 Å². The van der Waals surface area contributed by atoms with Gasteiger partial charge in [-0.05, 0) is 47.9 Å². The number of aromatic nitrogens is 2. The zero-order chi connectivity index (χ0) is 22.7. The lowest BCUT2D eigenvalue weighted by molar-refractivity contribution is 0.0585. The molecule has 0 fully saturated rings. The van der Waals surface area contributed by atoms with Gasteiger partial charge < -0.3 is 9.30 Å². The van der Waals surface area contributed by atoms with Crippen LogP contribution in [0.3, 0.4) is 0 Å². The Hall–Kier alpha value is -3.82. The van der Waals surface area contributed by atoms with Gasteiger partial charge in [0.2, 0.25) is 0 Å². The molecule has 0 bridgehead atoms. The zero-order valence-electron chi connectivity index (χ0n) is 17.7. The minimum Gasteiger partial charge on any atom is -0.362 e. The molecule has 0 aliphatic carbocycles. The van der Waals surface area contributed by atoms with Crippen molar-refractivity contribution in [3.05, 3.63) is 113 Å². The fourth-order valence-electron chi connectivity index (χ4n) is 3.73. The smallest absolute Gasteiger partial charge is 0.131 e. The van der Waals surface area contributed by atoms with E-state index in [0.717, 1.165) is 27.9 Å². The topological polar surface area (TPSA) is 50.8 Å². The number of nitrogens with zero attached hydrogens (tertiary/aromatic N) is 3. The lowest BCUT2D eigenvalue weighted by atomic mass is 9.93. The summed E-state index contributed by atoms with van der Waals surface area (Å²) in [6, 6.07) is 19.2. The van der Waals surface area contributed by atoms with Crippen molar-refractivity contribution in [1.29, 1.82) is 5.26 Å². The first-order valence-corrected chi connectivity index (χ1v) is 10.1. The van der Waals surface area contributed by atoms with Crippen LogP contribution in [-0.2, 0) is 18.4 Å². The normalized spacial score (nSPS) is 11.8. The van der Waals surface area contributed by atoms with Crippen molar-refractivity contribution in [2.45, 2.75) is 19.6 Å². The van der Waals surface area contributed by atoms with Gasteiger partial charge in [0.1, 0.15) is 17.7 Å². The van der Waals surface area contributed by atoms with Crippen LogP contribution in [-0.4, -0.2) is 9.55 Å². The predicted octanol–water partition coefficient (Wildman–Crippen LogP) is 5.85. The molecule has 4 nitrogen and oxygen atoms in total. The molecule has 0 radical (unpaired) electrons. The highest BCUT2D eigenvalue weighted by Gasteiger charge is 2.22. The number of hydrogen-bond donors (Lipinski definition) is 0. The van der Waals surface area contributed by atoms with Crippen LogP contribution in [0.1, 0.15) is 34.1 Å². The molecule has 32 heavy (non-hydrogen) atoms. The van der Waals surface area contributed by atoms with Crippen molar-refractivity contribution in [1.82, 2.24) is 9.55 Å². The molecule has 0 N–H and O–H groups in total. The molecule has 0 aliphatic rings. The molecule has 4 aromatic rings. The minimum atomic E-state index is -0.658. The van der Waals surface area contributed by atoms with Gasteiger partial charge in [-0.25, -0.2) is 13.8 Å². The molecule has 0 amide bonds. The number of rotatable bonds is 6. The summed E-state index contributed by atoms with van der Waals surface area (Å²) in [4.78, 5) is 4.17. The van der Waals surface area contributed by atoms with E-state index in [1.54, 1.807) is 29.2 Å². The molecule has 160 valence electrons. The Morgan fingerprint density at radius 2 is 1.78 bits per heavy atom. The van der Waals surface area contributed by atoms with E-state index in [-0.39, 0.29) is 12.2 Å². The molecule has 0 saturated heterocycles. The van der Waals surface area contributed by atoms with Gasteiger partial charge in [0.15, 0.2) is 0 Å². The van der Waals surface area contributed by atoms with Crippen LogP contribution >= 0.6 is 0 Å². The molecule has 3 aromatic carbocycles. The lowest BCUT2D eigenvalue weighted by Gasteiger charge is -2.21. The Kier molecular flexibility index (Phi) is 6.11. The van der Waals surface area contributed by atoms with Crippen molar-refractivity contribution in [2.75, 3.05) is 0 Å². The molecule has 1 aromatic heterocycles. The van der Waals surface area contributed by atoms with Crippen LogP contribution in [0.2, 0.25) is 0 Å². The van der Waals surface area contributed by atoms with E-state index in [1.807, 2.05) is 44.3 Å². The van der Waals surface area contributed by atoms with Crippen LogP contribution in [0.4, 0.5) is 8.78 Å². The van der Waals surface area contributed by atoms with Crippen molar-refractivity contribution >= 4 is 0 Å². The van der Waals surface area contributed by atoms with Crippen molar-refractivity contribution in [3.8, 4) is 17.2 Å². The van der Waals surface area contributed by atoms with E-state index in [2.05, 4.69) is 11.1 Å². The van der Waals surface area contributed by atoms with Crippen LogP contribution in [0.15, 0.2) is 73.2 Å². The molecule has 6 heteroatoms. The van der Waals surface area contributed by atoms with Crippen LogP contribution in [0.25, 0.3) is 11.1 Å². The average molecular weight is 429 g/mol. The first kappa shape index (κ1) is 21.4. The predicted molar refractivity (Wildman–Crippen MR) is 118 cm³/mol. The van der Waals surface area contributed by atoms with Gasteiger partial charge in [-0.15, -0.1) is 0 Å². The lowest BCUT2D eigenvalue weighted by Crippen LogP contribution is -2.12. The highest BCUT2D eigenvalue weighted by Crippen LogP contribution is 2.33. The maximum absolute atomic E-state index is 14.2. The third-order valence-corrected chi connectivity index (χ3v) is 5.48. The maximum atomic E-state index is 14.2. The number of ether oxygens (including phenoxy) is 1. The average Bonchev–Trinajstić information content (AvgIpc) is 3.21. The van der Waals surface area contributed by atoms with E-state index in [1.165, 1.54) is 18.2 Å². The van der Waals surface area contributed by atoms with E-state index in [9.17, 15) is 14.0 Å². The van der Waals surface area contributed by atoms with Gasteiger partial charge in [-0.2, -0.15) is 5.26 Å². The summed E-state index contributed by atoms with van der Waals surface area (Å²) >= 11 is 0. The number of hydrogen-bond acceptors (Lipinski definition) is 3. The number of nitriles is 1. The monoisotopic (exact) mass is 429 g/mol. The van der Waals surface area contributed by atoms with E-state index >= 15 is 0 Å². The second-order valence-corrected chi connectivity index (χ2v) is 7.55. The number of aryl methyl sites for hydroxylation is 2. The van der Waals surface area contributed by atoms with Crippen LogP contribution < -0.4 is 0 Å². The third-order valence-electron chi connectivity index (χ3n) is 5.48. The van der Waals surface area contributed by atoms with Crippen LogP contribution in [0.5, 0.6) is 0 Å². The molecule has 0 aliphatic heterocycles. The van der Waals surface area contributed by atoms with Crippen molar-refractivity contribution < 1.29 is 13.5 Å². The molecule has 0 spiro atoms. The summed E-state index contributed by atoms with van der Waals surface area (Å²) in [5.74, 6) is -1.32. The van der Waals surface area contributed by atoms with Gasteiger partial charge in [0.05, 0.1) is 36.5 Å².